The topological polar surface area (TPSA) is 149 Å². The van der Waals surface area contributed by atoms with E-state index in [4.69, 9.17) is 20.4 Å². The fourth-order valence-electron chi connectivity index (χ4n) is 4.23. The SMILES string of the molecule is COc1ncc(-c2ccc3nc(N)n(C(C)(C)c4ccccc4)c3c2)cc1S(=O)(=O)NC(C)(C)C.O=CO. The smallest absolute Gasteiger partial charge is 0.290 e. The van der Waals surface area contributed by atoms with Crippen LogP contribution in [0.1, 0.15) is 40.2 Å². The Morgan fingerprint density at radius 3 is 2.24 bits per heavy atom. The number of nitrogens with one attached hydrogen (secondary N) is 1. The number of fused-ring (bicyclic) bond motifs is 1. The molecule has 11 heteroatoms. The lowest BCUT2D eigenvalue weighted by Gasteiger charge is -2.29. The highest BCUT2D eigenvalue weighted by Gasteiger charge is 2.29. The van der Waals surface area contributed by atoms with E-state index >= 15 is 0 Å². The van der Waals surface area contributed by atoms with Crippen LogP contribution in [0.15, 0.2) is 65.7 Å². The number of hydrogen-bond donors (Lipinski definition) is 3. The summed E-state index contributed by atoms with van der Waals surface area (Å²) in [7, 11) is -2.47. The maximum absolute atomic E-state index is 13.1. The van der Waals surface area contributed by atoms with Crippen LogP contribution < -0.4 is 15.2 Å². The minimum Gasteiger partial charge on any atom is -0.483 e. The van der Waals surface area contributed by atoms with Gasteiger partial charge in [0.15, 0.2) is 0 Å². The summed E-state index contributed by atoms with van der Waals surface area (Å²) in [6, 6.07) is 17.4. The Bertz CT molecular complexity index is 1540. The van der Waals surface area contributed by atoms with Gasteiger partial charge < -0.3 is 20.1 Å². The number of carbonyl (C=O) groups is 1. The number of nitrogen functional groups attached to an aromatic ring is 1. The molecule has 0 spiro atoms. The third-order valence-corrected chi connectivity index (χ3v) is 7.55. The minimum atomic E-state index is -3.87. The average molecular weight is 540 g/mol. The molecule has 38 heavy (non-hydrogen) atoms. The highest BCUT2D eigenvalue weighted by molar-refractivity contribution is 7.89. The second kappa shape index (κ2) is 10.8. The summed E-state index contributed by atoms with van der Waals surface area (Å²) in [4.78, 5) is 17.2. The van der Waals surface area contributed by atoms with Crippen LogP contribution in [0.4, 0.5) is 5.95 Å². The van der Waals surface area contributed by atoms with Crippen molar-refractivity contribution in [1.29, 1.82) is 0 Å². The zero-order valence-corrected chi connectivity index (χ0v) is 23.1. The summed E-state index contributed by atoms with van der Waals surface area (Å²) < 4.78 is 36.1. The van der Waals surface area contributed by atoms with Crippen LogP contribution in [0.2, 0.25) is 0 Å². The number of aromatic nitrogens is 3. The first-order valence-electron chi connectivity index (χ1n) is 11.8. The molecular formula is C27H33N5O5S. The number of benzene rings is 2. The molecule has 202 valence electrons. The first-order valence-corrected chi connectivity index (χ1v) is 13.2. The van der Waals surface area contributed by atoms with Crippen molar-refractivity contribution >= 4 is 33.5 Å². The molecule has 4 N–H and O–H groups in total. The van der Waals surface area contributed by atoms with Crippen LogP contribution in [-0.2, 0) is 20.4 Å². The number of pyridine rings is 1. The van der Waals surface area contributed by atoms with E-state index in [0.29, 0.717) is 11.5 Å². The highest BCUT2D eigenvalue weighted by Crippen LogP contribution is 2.35. The number of nitrogens with zero attached hydrogens (tertiary/aromatic N) is 3. The van der Waals surface area contributed by atoms with Crippen LogP contribution in [-0.4, -0.2) is 47.2 Å². The summed E-state index contributed by atoms with van der Waals surface area (Å²) in [5, 5.41) is 6.89. The molecule has 0 atom stereocenters. The van der Waals surface area contributed by atoms with E-state index in [1.54, 1.807) is 33.0 Å². The Balaban J connectivity index is 0.00000127. The number of rotatable bonds is 6. The van der Waals surface area contributed by atoms with Gasteiger partial charge >= 0.3 is 0 Å². The van der Waals surface area contributed by atoms with Gasteiger partial charge in [0, 0.05) is 17.3 Å². The second-order valence-corrected chi connectivity index (χ2v) is 11.8. The number of anilines is 1. The molecule has 4 rings (SSSR count). The fraction of sp³-hybridized carbons (Fsp3) is 0.296. The lowest BCUT2D eigenvalue weighted by molar-refractivity contribution is -0.122. The summed E-state index contributed by atoms with van der Waals surface area (Å²) in [6.07, 6.45) is 1.60. The van der Waals surface area contributed by atoms with Crippen LogP contribution in [0.25, 0.3) is 22.2 Å². The van der Waals surface area contributed by atoms with Crippen molar-refractivity contribution in [2.45, 2.75) is 50.6 Å². The van der Waals surface area contributed by atoms with Crippen molar-refractivity contribution in [1.82, 2.24) is 19.3 Å². The maximum Gasteiger partial charge on any atom is 0.290 e. The molecule has 0 saturated carbocycles. The van der Waals surface area contributed by atoms with Gasteiger partial charge in [0.1, 0.15) is 4.90 Å². The number of ether oxygens (including phenoxy) is 1. The summed E-state index contributed by atoms with van der Waals surface area (Å²) in [5.74, 6) is 0.433. The second-order valence-electron chi connectivity index (χ2n) is 10.1. The van der Waals surface area contributed by atoms with Gasteiger partial charge in [-0.05, 0) is 63.9 Å². The molecule has 4 aromatic rings. The largest absolute Gasteiger partial charge is 0.483 e. The van der Waals surface area contributed by atoms with Gasteiger partial charge in [-0.25, -0.2) is 23.1 Å². The highest BCUT2D eigenvalue weighted by atomic mass is 32.2. The van der Waals surface area contributed by atoms with Gasteiger partial charge in [-0.1, -0.05) is 36.4 Å². The number of hydrogen-bond acceptors (Lipinski definition) is 7. The van der Waals surface area contributed by atoms with Crippen molar-refractivity contribution < 1.29 is 23.1 Å². The molecule has 0 fully saturated rings. The van der Waals surface area contributed by atoms with E-state index in [2.05, 4.69) is 40.7 Å². The first kappa shape index (κ1) is 28.6. The Labute approximate surface area is 222 Å². The van der Waals surface area contributed by atoms with E-state index in [1.807, 2.05) is 41.0 Å². The van der Waals surface area contributed by atoms with Gasteiger partial charge in [0.05, 0.1) is 23.7 Å². The minimum absolute atomic E-state index is 0.0230. The molecule has 0 bridgehead atoms. The van der Waals surface area contributed by atoms with Gasteiger partial charge in [0.25, 0.3) is 6.47 Å². The number of imidazole rings is 1. The molecule has 0 aliphatic heterocycles. The quantitative estimate of drug-likeness (QED) is 0.308. The number of nitrogens with two attached hydrogens (primary N) is 1. The molecule has 0 aliphatic carbocycles. The number of methoxy groups -OCH3 is 1. The zero-order chi connectivity index (χ0) is 28.3. The molecular weight excluding hydrogens is 506 g/mol. The summed E-state index contributed by atoms with van der Waals surface area (Å²) in [6.45, 7) is 9.27. The predicted octanol–water partition coefficient (Wildman–Crippen LogP) is 4.25. The predicted molar refractivity (Wildman–Crippen MR) is 148 cm³/mol. The van der Waals surface area contributed by atoms with Gasteiger partial charge in [0.2, 0.25) is 21.9 Å². The monoisotopic (exact) mass is 539 g/mol. The van der Waals surface area contributed by atoms with E-state index in [0.717, 1.165) is 22.2 Å². The van der Waals surface area contributed by atoms with Gasteiger partial charge in [-0.2, -0.15) is 0 Å². The average Bonchev–Trinajstić information content (AvgIpc) is 3.19. The van der Waals surface area contributed by atoms with E-state index in [9.17, 15) is 8.42 Å². The van der Waals surface area contributed by atoms with Crippen LogP contribution in [0, 0.1) is 0 Å². The molecule has 0 unspecified atom stereocenters. The summed E-state index contributed by atoms with van der Waals surface area (Å²) in [5.41, 5.74) is 9.33. The normalized spacial score (nSPS) is 12.1. The Morgan fingerprint density at radius 2 is 1.66 bits per heavy atom. The first-order chi connectivity index (χ1) is 17.7. The van der Waals surface area contributed by atoms with Crippen LogP contribution in [0.5, 0.6) is 5.88 Å². The molecule has 0 aliphatic rings. The summed E-state index contributed by atoms with van der Waals surface area (Å²) >= 11 is 0. The third-order valence-electron chi connectivity index (χ3n) is 5.79. The van der Waals surface area contributed by atoms with E-state index < -0.39 is 21.1 Å². The maximum atomic E-state index is 13.1. The Hall–Kier alpha value is -3.96. The van der Waals surface area contributed by atoms with Crippen molar-refractivity contribution in [3.63, 3.8) is 0 Å². The molecule has 2 aromatic carbocycles. The van der Waals surface area contributed by atoms with Crippen molar-refractivity contribution in [2.75, 3.05) is 12.8 Å². The molecule has 0 saturated heterocycles. The number of carboxylic acid groups (broad SMARTS) is 1. The van der Waals surface area contributed by atoms with Gasteiger partial charge in [-0.15, -0.1) is 0 Å². The molecule has 2 aromatic heterocycles. The van der Waals surface area contributed by atoms with Crippen molar-refractivity contribution in [3.8, 4) is 17.0 Å². The van der Waals surface area contributed by atoms with E-state index in [1.165, 1.54) is 7.11 Å². The standard InChI is InChI=1S/C26H31N5O3S.CH2O2/c1-25(2,3)30-35(32,33)22-15-18(16-28-23(22)34-6)17-12-13-20-21(14-17)31(24(27)29-20)26(4,5)19-10-8-7-9-11-19;2-1-3/h7-16,30H,1-6H3,(H2,27,29);1H,(H,2,3). The van der Waals surface area contributed by atoms with E-state index in [-0.39, 0.29) is 17.2 Å². The lowest BCUT2D eigenvalue weighted by Crippen LogP contribution is -2.40. The van der Waals surface area contributed by atoms with Crippen LogP contribution >= 0.6 is 0 Å². The zero-order valence-electron chi connectivity index (χ0n) is 22.3. The van der Waals surface area contributed by atoms with Crippen LogP contribution in [0.3, 0.4) is 0 Å². The fourth-order valence-corrected chi connectivity index (χ4v) is 5.79. The molecule has 2 heterocycles. The molecule has 0 amide bonds. The third kappa shape index (κ3) is 5.95. The van der Waals surface area contributed by atoms with Crippen molar-refractivity contribution in [2.24, 2.45) is 0 Å². The Morgan fingerprint density at radius 1 is 1.03 bits per heavy atom. The molecule has 0 radical (unpaired) electrons. The van der Waals surface area contributed by atoms with Gasteiger partial charge in [-0.3, -0.25) is 4.79 Å². The van der Waals surface area contributed by atoms with Crippen molar-refractivity contribution in [3.05, 3.63) is 66.4 Å². The Kier molecular flexibility index (Phi) is 8.13. The number of sulfonamides is 1. The molecule has 10 nitrogen and oxygen atoms in total. The lowest BCUT2D eigenvalue weighted by atomic mass is 9.93.